The summed E-state index contributed by atoms with van der Waals surface area (Å²) < 4.78 is 0. The van der Waals surface area contributed by atoms with Crippen LogP contribution in [0.2, 0.25) is 0 Å². The first-order valence-corrected chi connectivity index (χ1v) is 7.29. The van der Waals surface area contributed by atoms with E-state index in [9.17, 15) is 9.59 Å². The largest absolute Gasteiger partial charge is 0.354 e. The minimum absolute atomic E-state index is 0.0712. The monoisotopic (exact) mass is 288 g/mol. The van der Waals surface area contributed by atoms with Crippen LogP contribution in [0.4, 0.5) is 5.82 Å². The van der Waals surface area contributed by atoms with Crippen molar-refractivity contribution < 1.29 is 9.59 Å². The van der Waals surface area contributed by atoms with Crippen LogP contribution in [0.15, 0.2) is 17.8 Å². The van der Waals surface area contributed by atoms with Gasteiger partial charge in [0.1, 0.15) is 17.0 Å². The van der Waals surface area contributed by atoms with Gasteiger partial charge in [0.2, 0.25) is 11.8 Å². The van der Waals surface area contributed by atoms with Crippen molar-refractivity contribution in [3.63, 3.8) is 0 Å². The molecule has 0 saturated carbocycles. The van der Waals surface area contributed by atoms with Crippen LogP contribution < -0.4 is 4.90 Å². The third kappa shape index (κ3) is 1.44. The Morgan fingerprint density at radius 3 is 2.60 bits per heavy atom. The predicted molar refractivity (Wildman–Crippen MR) is 74.4 cm³/mol. The molecule has 2 aromatic heterocycles. The molecular weight excluding hydrogens is 276 g/mol. The summed E-state index contributed by atoms with van der Waals surface area (Å²) in [6, 6.07) is 1.99. The van der Waals surface area contributed by atoms with Crippen LogP contribution in [0.5, 0.6) is 0 Å². The molecule has 2 aliphatic rings. The number of rotatable bonds is 1. The van der Waals surface area contributed by atoms with E-state index in [0.29, 0.717) is 13.1 Å². The van der Waals surface area contributed by atoms with Crippen molar-refractivity contribution in [2.45, 2.75) is 0 Å². The number of anilines is 1. The van der Waals surface area contributed by atoms with Gasteiger partial charge in [-0.1, -0.05) is 0 Å². The van der Waals surface area contributed by atoms with E-state index >= 15 is 0 Å². The van der Waals surface area contributed by atoms with E-state index in [0.717, 1.165) is 16.0 Å². The molecule has 2 aliphatic heterocycles. The Kier molecular flexibility index (Phi) is 2.35. The van der Waals surface area contributed by atoms with E-state index in [1.165, 1.54) is 11.2 Å². The van der Waals surface area contributed by atoms with Crippen LogP contribution in [0.3, 0.4) is 0 Å². The van der Waals surface area contributed by atoms with E-state index in [-0.39, 0.29) is 23.7 Å². The molecule has 2 atom stereocenters. The van der Waals surface area contributed by atoms with E-state index in [4.69, 9.17) is 0 Å². The first kappa shape index (κ1) is 11.8. The minimum Gasteiger partial charge on any atom is -0.354 e. The summed E-state index contributed by atoms with van der Waals surface area (Å²) in [4.78, 5) is 36.9. The number of thiophene rings is 1. The van der Waals surface area contributed by atoms with E-state index in [2.05, 4.69) is 9.97 Å². The van der Waals surface area contributed by atoms with E-state index < -0.39 is 0 Å². The summed E-state index contributed by atoms with van der Waals surface area (Å²) >= 11 is 1.56. The van der Waals surface area contributed by atoms with Gasteiger partial charge in [-0.05, 0) is 11.4 Å². The van der Waals surface area contributed by atoms with Gasteiger partial charge in [-0.3, -0.25) is 14.5 Å². The van der Waals surface area contributed by atoms with E-state index in [1.54, 1.807) is 18.4 Å². The van der Waals surface area contributed by atoms with E-state index in [1.807, 2.05) is 16.3 Å². The zero-order valence-corrected chi connectivity index (χ0v) is 11.6. The van der Waals surface area contributed by atoms with Crippen molar-refractivity contribution in [2.24, 2.45) is 11.8 Å². The Labute approximate surface area is 119 Å². The molecule has 4 rings (SSSR count). The number of amides is 2. The van der Waals surface area contributed by atoms with Gasteiger partial charge in [-0.15, -0.1) is 11.3 Å². The molecule has 4 heterocycles. The first-order valence-electron chi connectivity index (χ1n) is 6.41. The van der Waals surface area contributed by atoms with Crippen LogP contribution in [-0.4, -0.2) is 46.8 Å². The van der Waals surface area contributed by atoms with Crippen LogP contribution in [0.25, 0.3) is 10.2 Å². The number of imide groups is 1. The lowest BCUT2D eigenvalue weighted by molar-refractivity contribution is -0.138. The second-order valence-electron chi connectivity index (χ2n) is 5.19. The number of nitrogens with zero attached hydrogens (tertiary/aromatic N) is 4. The lowest BCUT2D eigenvalue weighted by Gasteiger charge is -2.20. The molecule has 7 heteroatoms. The lowest BCUT2D eigenvalue weighted by Crippen LogP contribution is -2.33. The molecule has 20 heavy (non-hydrogen) atoms. The van der Waals surface area contributed by atoms with Crippen molar-refractivity contribution in [3.05, 3.63) is 17.8 Å². The van der Waals surface area contributed by atoms with Gasteiger partial charge < -0.3 is 4.90 Å². The predicted octanol–water partition coefficient (Wildman–Crippen LogP) is 0.742. The normalized spacial score (nSPS) is 25.9. The number of hydrogen-bond donors (Lipinski definition) is 0. The fraction of sp³-hybridized carbons (Fsp3) is 0.385. The molecule has 6 nitrogen and oxygen atoms in total. The summed E-state index contributed by atoms with van der Waals surface area (Å²) in [6.45, 7) is 1.11. The zero-order chi connectivity index (χ0) is 13.9. The first-order chi connectivity index (χ1) is 9.66. The summed E-state index contributed by atoms with van der Waals surface area (Å²) in [5.74, 6) is 0.234. The maximum absolute atomic E-state index is 12.0. The zero-order valence-electron chi connectivity index (χ0n) is 10.8. The number of hydrogen-bond acceptors (Lipinski definition) is 6. The fourth-order valence-electron chi connectivity index (χ4n) is 3.11. The van der Waals surface area contributed by atoms with Crippen LogP contribution >= 0.6 is 11.3 Å². The average Bonchev–Trinajstić information content (AvgIpc) is 3.14. The minimum atomic E-state index is -0.226. The quantitative estimate of drug-likeness (QED) is 0.724. The van der Waals surface area contributed by atoms with Gasteiger partial charge >= 0.3 is 0 Å². The summed E-state index contributed by atoms with van der Waals surface area (Å²) in [5, 5.41) is 2.97. The molecule has 0 aliphatic carbocycles. The Morgan fingerprint density at radius 1 is 1.20 bits per heavy atom. The van der Waals surface area contributed by atoms with Crippen LogP contribution in [0.1, 0.15) is 0 Å². The highest BCUT2D eigenvalue weighted by Gasteiger charge is 2.51. The highest BCUT2D eigenvalue weighted by atomic mass is 32.1. The van der Waals surface area contributed by atoms with Gasteiger partial charge in [0, 0.05) is 20.1 Å². The Bertz CT molecular complexity index is 704. The lowest BCUT2D eigenvalue weighted by atomic mass is 10.00. The molecule has 2 fully saturated rings. The molecule has 2 aromatic rings. The Morgan fingerprint density at radius 2 is 1.90 bits per heavy atom. The molecule has 2 saturated heterocycles. The topological polar surface area (TPSA) is 66.4 Å². The van der Waals surface area contributed by atoms with Crippen LogP contribution in [-0.2, 0) is 9.59 Å². The van der Waals surface area contributed by atoms with Crippen molar-refractivity contribution >= 4 is 39.2 Å². The number of carbonyl (C=O) groups is 2. The Hall–Kier alpha value is -2.02. The number of likely N-dealkylation sites (tertiary alicyclic amines) is 1. The molecule has 0 spiro atoms. The maximum atomic E-state index is 12.0. The highest BCUT2D eigenvalue weighted by molar-refractivity contribution is 7.16. The summed E-state index contributed by atoms with van der Waals surface area (Å²) in [5.41, 5.74) is 0. The standard InChI is InChI=1S/C13H12N4O2S/c1-16-12(18)8-4-17(5-9(8)13(16)19)10-7-2-3-20-11(7)15-6-14-10/h2-3,6,8-9H,4-5H2,1H3. The van der Waals surface area contributed by atoms with Gasteiger partial charge in [-0.25, -0.2) is 9.97 Å². The third-order valence-electron chi connectivity index (χ3n) is 4.16. The molecule has 2 unspecified atom stereocenters. The van der Waals surface area contributed by atoms with Crippen molar-refractivity contribution in [3.8, 4) is 0 Å². The molecular formula is C13H12N4O2S. The van der Waals surface area contributed by atoms with Gasteiger partial charge in [-0.2, -0.15) is 0 Å². The van der Waals surface area contributed by atoms with Crippen molar-refractivity contribution in [1.29, 1.82) is 0 Å². The molecule has 0 N–H and O–H groups in total. The molecule has 0 bridgehead atoms. The Balaban J connectivity index is 1.72. The van der Waals surface area contributed by atoms with Gasteiger partial charge in [0.15, 0.2) is 0 Å². The second-order valence-corrected chi connectivity index (χ2v) is 6.08. The molecule has 0 aromatic carbocycles. The number of aromatic nitrogens is 2. The molecule has 2 amide bonds. The summed E-state index contributed by atoms with van der Waals surface area (Å²) in [7, 11) is 1.56. The second kappa shape index (κ2) is 3.99. The van der Waals surface area contributed by atoms with Crippen LogP contribution in [0, 0.1) is 11.8 Å². The number of fused-ring (bicyclic) bond motifs is 2. The maximum Gasteiger partial charge on any atom is 0.234 e. The number of carbonyl (C=O) groups excluding carboxylic acids is 2. The SMILES string of the molecule is CN1C(=O)C2CN(c3ncnc4sccc34)CC2C1=O. The van der Waals surface area contributed by atoms with Gasteiger partial charge in [0.25, 0.3) is 0 Å². The summed E-state index contributed by atoms with van der Waals surface area (Å²) in [6.07, 6.45) is 1.54. The highest BCUT2D eigenvalue weighted by Crippen LogP contribution is 2.37. The van der Waals surface area contributed by atoms with Gasteiger partial charge in [0.05, 0.1) is 17.2 Å². The van der Waals surface area contributed by atoms with Crippen molar-refractivity contribution in [1.82, 2.24) is 14.9 Å². The van der Waals surface area contributed by atoms with Crippen molar-refractivity contribution in [2.75, 3.05) is 25.0 Å². The third-order valence-corrected chi connectivity index (χ3v) is 4.98. The molecule has 102 valence electrons. The smallest absolute Gasteiger partial charge is 0.234 e. The molecule has 0 radical (unpaired) electrons. The fourth-order valence-corrected chi connectivity index (χ4v) is 3.84. The average molecular weight is 288 g/mol.